The molecule has 0 saturated heterocycles. The lowest BCUT2D eigenvalue weighted by Crippen LogP contribution is -1.67. The van der Waals surface area contributed by atoms with Crippen LogP contribution in [-0.2, 0) is 0 Å². The summed E-state index contributed by atoms with van der Waals surface area (Å²) in [6.45, 7) is 5.89. The number of rotatable bonds is 0. The van der Waals surface area contributed by atoms with Crippen LogP contribution in [0.2, 0.25) is 0 Å². The molecule has 0 aliphatic heterocycles. The topological polar surface area (TPSA) is 20.2 Å². The van der Waals surface area contributed by atoms with Gasteiger partial charge in [0.15, 0.2) is 0 Å². The maximum atomic E-state index is 9.24. The van der Waals surface area contributed by atoms with Gasteiger partial charge in [-0.2, -0.15) is 0 Å². The van der Waals surface area contributed by atoms with E-state index in [0.29, 0.717) is 5.75 Å². The highest BCUT2D eigenvalue weighted by Gasteiger charge is 2.05. The van der Waals surface area contributed by atoms with Crippen molar-refractivity contribution in [2.75, 3.05) is 0 Å². The lowest BCUT2D eigenvalue weighted by Gasteiger charge is -1.87. The zero-order chi connectivity index (χ0) is 7.02. The van der Waals surface area contributed by atoms with Crippen LogP contribution in [0.5, 0.6) is 5.75 Å². The van der Waals surface area contributed by atoms with E-state index < -0.39 is 0 Å². The monoisotopic (exact) mass is 142 g/mol. The molecule has 0 aliphatic carbocycles. The molecular weight excluding hydrogens is 132 g/mol. The molecule has 1 aromatic rings. The Kier molecular flexibility index (Phi) is 1.49. The quantitative estimate of drug-likeness (QED) is 0.589. The summed E-state index contributed by atoms with van der Waals surface area (Å²) < 4.78 is 0. The zero-order valence-corrected chi connectivity index (χ0v) is 6.67. The van der Waals surface area contributed by atoms with Gasteiger partial charge < -0.3 is 5.11 Å². The van der Waals surface area contributed by atoms with Crippen LogP contribution in [-0.4, -0.2) is 5.11 Å². The molecule has 1 nitrogen and oxygen atoms in total. The normalized spacial score (nSPS) is 10.1. The van der Waals surface area contributed by atoms with Crippen molar-refractivity contribution in [2.45, 2.75) is 20.8 Å². The molecule has 0 spiro atoms. The van der Waals surface area contributed by atoms with E-state index in [1.807, 2.05) is 20.8 Å². The van der Waals surface area contributed by atoms with E-state index in [4.69, 9.17) is 0 Å². The van der Waals surface area contributed by atoms with Crippen molar-refractivity contribution in [1.29, 1.82) is 0 Å². The molecule has 1 aromatic heterocycles. The summed E-state index contributed by atoms with van der Waals surface area (Å²) in [5.74, 6) is 0.470. The first-order valence-corrected chi connectivity index (χ1v) is 3.70. The molecule has 0 fully saturated rings. The van der Waals surface area contributed by atoms with E-state index in [-0.39, 0.29) is 0 Å². The summed E-state index contributed by atoms with van der Waals surface area (Å²) in [4.78, 5) is 2.23. The molecule has 1 N–H and O–H groups in total. The van der Waals surface area contributed by atoms with Crippen molar-refractivity contribution in [3.05, 3.63) is 15.3 Å². The van der Waals surface area contributed by atoms with Crippen LogP contribution in [0, 0.1) is 20.8 Å². The van der Waals surface area contributed by atoms with Gasteiger partial charge in [-0.3, -0.25) is 0 Å². The minimum absolute atomic E-state index is 0.470. The molecule has 9 heavy (non-hydrogen) atoms. The second-order valence-electron chi connectivity index (χ2n) is 2.19. The van der Waals surface area contributed by atoms with Crippen LogP contribution in [0.1, 0.15) is 15.3 Å². The summed E-state index contributed by atoms with van der Waals surface area (Å²) in [7, 11) is 0. The molecule has 0 unspecified atom stereocenters. The molecule has 0 atom stereocenters. The Morgan fingerprint density at radius 2 is 1.67 bits per heavy atom. The molecule has 50 valence electrons. The fraction of sp³-hybridized carbons (Fsp3) is 0.429. The maximum Gasteiger partial charge on any atom is 0.132 e. The number of aryl methyl sites for hydroxylation is 2. The number of aromatic hydroxyl groups is 1. The highest BCUT2D eigenvalue weighted by molar-refractivity contribution is 7.12. The van der Waals surface area contributed by atoms with E-state index in [2.05, 4.69) is 0 Å². The standard InChI is InChI=1S/C7H10OS/c1-4-5(2)9-6(3)7(4)8/h8H,1-3H3. The molecular formula is C7H10OS. The molecule has 0 amide bonds. The smallest absolute Gasteiger partial charge is 0.132 e. The van der Waals surface area contributed by atoms with Crippen molar-refractivity contribution >= 4 is 11.3 Å². The van der Waals surface area contributed by atoms with E-state index in [9.17, 15) is 5.11 Å². The minimum Gasteiger partial charge on any atom is -0.507 e. The largest absolute Gasteiger partial charge is 0.507 e. The van der Waals surface area contributed by atoms with Gasteiger partial charge in [-0.25, -0.2) is 0 Å². The van der Waals surface area contributed by atoms with Crippen molar-refractivity contribution in [3.63, 3.8) is 0 Å². The zero-order valence-electron chi connectivity index (χ0n) is 5.86. The summed E-state index contributed by atoms with van der Waals surface area (Å²) in [5, 5.41) is 9.24. The lowest BCUT2D eigenvalue weighted by molar-refractivity contribution is 0.470. The Labute approximate surface area is 59.0 Å². The van der Waals surface area contributed by atoms with E-state index in [1.54, 1.807) is 11.3 Å². The van der Waals surface area contributed by atoms with Crippen LogP contribution >= 0.6 is 11.3 Å². The lowest BCUT2D eigenvalue weighted by atomic mass is 10.2. The van der Waals surface area contributed by atoms with Crippen molar-refractivity contribution < 1.29 is 5.11 Å². The third-order valence-electron chi connectivity index (χ3n) is 1.52. The van der Waals surface area contributed by atoms with Crippen LogP contribution in [0.15, 0.2) is 0 Å². The van der Waals surface area contributed by atoms with Gasteiger partial charge in [0.2, 0.25) is 0 Å². The molecule has 2 heteroatoms. The van der Waals surface area contributed by atoms with Gasteiger partial charge in [-0.1, -0.05) is 0 Å². The van der Waals surface area contributed by atoms with Gasteiger partial charge in [0.1, 0.15) is 5.75 Å². The first-order valence-electron chi connectivity index (χ1n) is 2.88. The molecule has 0 aliphatic rings. The summed E-state index contributed by atoms with van der Waals surface area (Å²) in [6.07, 6.45) is 0. The molecule has 1 rings (SSSR count). The van der Waals surface area contributed by atoms with Crippen molar-refractivity contribution in [2.24, 2.45) is 0 Å². The summed E-state index contributed by atoms with van der Waals surface area (Å²) >= 11 is 1.65. The molecule has 0 bridgehead atoms. The van der Waals surface area contributed by atoms with Crippen molar-refractivity contribution in [1.82, 2.24) is 0 Å². The summed E-state index contributed by atoms with van der Waals surface area (Å²) in [6, 6.07) is 0. The number of hydrogen-bond acceptors (Lipinski definition) is 2. The minimum atomic E-state index is 0.470. The highest BCUT2D eigenvalue weighted by atomic mass is 32.1. The predicted octanol–water partition coefficient (Wildman–Crippen LogP) is 2.38. The maximum absolute atomic E-state index is 9.24. The van der Waals surface area contributed by atoms with Crippen LogP contribution in [0.25, 0.3) is 0 Å². The van der Waals surface area contributed by atoms with Gasteiger partial charge in [-0.05, 0) is 20.8 Å². The molecule has 1 heterocycles. The highest BCUT2D eigenvalue weighted by Crippen LogP contribution is 2.31. The third kappa shape index (κ3) is 0.944. The third-order valence-corrected chi connectivity index (χ3v) is 2.63. The van der Waals surface area contributed by atoms with Gasteiger partial charge in [-0.15, -0.1) is 11.3 Å². The second kappa shape index (κ2) is 2.03. The Morgan fingerprint density at radius 1 is 1.11 bits per heavy atom. The average Bonchev–Trinajstić information content (AvgIpc) is 1.98. The molecule has 0 aromatic carbocycles. The van der Waals surface area contributed by atoms with E-state index in [1.165, 1.54) is 4.88 Å². The average molecular weight is 142 g/mol. The Hall–Kier alpha value is -0.500. The Balaban J connectivity index is 3.29. The fourth-order valence-corrected chi connectivity index (χ4v) is 1.74. The van der Waals surface area contributed by atoms with Gasteiger partial charge >= 0.3 is 0 Å². The Bertz CT molecular complexity index is 203. The van der Waals surface area contributed by atoms with E-state index in [0.717, 1.165) is 10.4 Å². The number of hydrogen-bond donors (Lipinski definition) is 1. The first-order chi connectivity index (χ1) is 4.13. The van der Waals surface area contributed by atoms with Gasteiger partial charge in [0.05, 0.1) is 0 Å². The Morgan fingerprint density at radius 3 is 1.78 bits per heavy atom. The predicted molar refractivity (Wildman–Crippen MR) is 40.2 cm³/mol. The van der Waals surface area contributed by atoms with E-state index >= 15 is 0 Å². The SMILES string of the molecule is Cc1sc(C)c(O)c1C. The molecule has 0 radical (unpaired) electrons. The van der Waals surface area contributed by atoms with Crippen LogP contribution < -0.4 is 0 Å². The molecule has 0 saturated carbocycles. The van der Waals surface area contributed by atoms with Crippen molar-refractivity contribution in [3.8, 4) is 5.75 Å². The van der Waals surface area contributed by atoms with Gasteiger partial charge in [0.25, 0.3) is 0 Å². The number of thiophene rings is 1. The second-order valence-corrected chi connectivity index (χ2v) is 3.62. The van der Waals surface area contributed by atoms with Crippen LogP contribution in [0.4, 0.5) is 0 Å². The first kappa shape index (κ1) is 6.62. The summed E-state index contributed by atoms with van der Waals surface area (Å²) in [5.41, 5.74) is 1.03. The fourth-order valence-electron chi connectivity index (χ4n) is 0.785. The van der Waals surface area contributed by atoms with Crippen LogP contribution in [0.3, 0.4) is 0 Å². The van der Waals surface area contributed by atoms with Gasteiger partial charge in [0, 0.05) is 15.3 Å².